The highest BCUT2D eigenvalue weighted by Gasteiger charge is 2.03. The molecule has 0 saturated carbocycles. The number of hydrogen-bond acceptors (Lipinski definition) is 4. The SMILES string of the molecule is CCc1nc(CN[C@H](C)CCO)cs1. The van der Waals surface area contributed by atoms with E-state index >= 15 is 0 Å². The van der Waals surface area contributed by atoms with Crippen LogP contribution in [0.5, 0.6) is 0 Å². The van der Waals surface area contributed by atoms with Crippen molar-refractivity contribution < 1.29 is 5.11 Å². The van der Waals surface area contributed by atoms with Crippen LogP contribution in [0.15, 0.2) is 5.38 Å². The van der Waals surface area contributed by atoms with Crippen LogP contribution in [-0.4, -0.2) is 22.7 Å². The van der Waals surface area contributed by atoms with E-state index in [2.05, 4.69) is 29.5 Å². The van der Waals surface area contributed by atoms with Crippen LogP contribution in [-0.2, 0) is 13.0 Å². The Kier molecular flexibility index (Phi) is 5.07. The molecular weight excluding hydrogens is 196 g/mol. The van der Waals surface area contributed by atoms with E-state index in [1.54, 1.807) is 11.3 Å². The number of aryl methyl sites for hydroxylation is 1. The van der Waals surface area contributed by atoms with Crippen molar-refractivity contribution in [3.8, 4) is 0 Å². The van der Waals surface area contributed by atoms with Crippen LogP contribution in [0.2, 0.25) is 0 Å². The van der Waals surface area contributed by atoms with Crippen molar-refractivity contribution in [1.82, 2.24) is 10.3 Å². The maximum Gasteiger partial charge on any atom is 0.0926 e. The standard InChI is InChI=1S/C10H18N2OS/c1-3-10-12-9(7-14-10)6-11-8(2)4-5-13/h7-8,11,13H,3-6H2,1-2H3/t8-/m1/s1. The van der Waals surface area contributed by atoms with Gasteiger partial charge in [0, 0.05) is 24.6 Å². The molecule has 0 unspecified atom stereocenters. The minimum absolute atomic E-state index is 0.242. The van der Waals surface area contributed by atoms with Crippen molar-refractivity contribution in [1.29, 1.82) is 0 Å². The Morgan fingerprint density at radius 3 is 3.00 bits per heavy atom. The van der Waals surface area contributed by atoms with Crippen molar-refractivity contribution in [3.05, 3.63) is 16.1 Å². The first-order valence-electron chi connectivity index (χ1n) is 5.03. The molecule has 0 aliphatic heterocycles. The summed E-state index contributed by atoms with van der Waals surface area (Å²) in [5.41, 5.74) is 1.11. The van der Waals surface area contributed by atoms with Crippen LogP contribution in [0.25, 0.3) is 0 Å². The third kappa shape index (κ3) is 3.74. The molecule has 1 aromatic heterocycles. The first-order chi connectivity index (χ1) is 6.76. The number of nitrogens with one attached hydrogen (secondary N) is 1. The quantitative estimate of drug-likeness (QED) is 0.755. The minimum Gasteiger partial charge on any atom is -0.396 e. The third-order valence-electron chi connectivity index (χ3n) is 2.10. The normalized spacial score (nSPS) is 13.1. The summed E-state index contributed by atoms with van der Waals surface area (Å²) in [7, 11) is 0. The molecule has 0 radical (unpaired) electrons. The van der Waals surface area contributed by atoms with Gasteiger partial charge in [0.2, 0.25) is 0 Å². The van der Waals surface area contributed by atoms with Crippen molar-refractivity contribution >= 4 is 11.3 Å². The molecule has 0 amide bonds. The highest BCUT2D eigenvalue weighted by molar-refractivity contribution is 7.09. The fraction of sp³-hybridized carbons (Fsp3) is 0.700. The van der Waals surface area contributed by atoms with Crippen LogP contribution in [0.4, 0.5) is 0 Å². The predicted octanol–water partition coefficient (Wildman–Crippen LogP) is 1.57. The summed E-state index contributed by atoms with van der Waals surface area (Å²) < 4.78 is 0. The van der Waals surface area contributed by atoms with Gasteiger partial charge in [-0.15, -0.1) is 11.3 Å². The molecular formula is C10H18N2OS. The molecule has 1 heterocycles. The molecule has 1 atom stereocenters. The van der Waals surface area contributed by atoms with E-state index in [0.717, 1.165) is 25.1 Å². The van der Waals surface area contributed by atoms with Gasteiger partial charge in [0.25, 0.3) is 0 Å². The van der Waals surface area contributed by atoms with E-state index in [1.807, 2.05) is 0 Å². The molecule has 0 bridgehead atoms. The van der Waals surface area contributed by atoms with Gasteiger partial charge in [-0.25, -0.2) is 4.98 Å². The number of rotatable bonds is 6. The lowest BCUT2D eigenvalue weighted by Crippen LogP contribution is -2.26. The Balaban J connectivity index is 2.30. The third-order valence-corrected chi connectivity index (χ3v) is 3.14. The van der Waals surface area contributed by atoms with Crippen LogP contribution in [0.3, 0.4) is 0 Å². The Labute approximate surface area is 89.2 Å². The Morgan fingerprint density at radius 1 is 1.64 bits per heavy atom. The topological polar surface area (TPSA) is 45.2 Å². The molecule has 0 spiro atoms. The summed E-state index contributed by atoms with van der Waals surface area (Å²) in [6, 6.07) is 0.353. The maximum atomic E-state index is 8.72. The van der Waals surface area contributed by atoms with Crippen LogP contribution < -0.4 is 5.32 Å². The monoisotopic (exact) mass is 214 g/mol. The van der Waals surface area contributed by atoms with E-state index in [0.29, 0.717) is 6.04 Å². The first-order valence-corrected chi connectivity index (χ1v) is 5.91. The molecule has 14 heavy (non-hydrogen) atoms. The predicted molar refractivity (Wildman–Crippen MR) is 59.5 cm³/mol. The number of aromatic nitrogens is 1. The molecule has 0 aliphatic rings. The van der Waals surface area contributed by atoms with Gasteiger partial charge in [-0.3, -0.25) is 0 Å². The van der Waals surface area contributed by atoms with Crippen LogP contribution in [0.1, 0.15) is 31.0 Å². The number of thiazole rings is 1. The van der Waals surface area contributed by atoms with Gasteiger partial charge in [0.05, 0.1) is 10.7 Å². The zero-order valence-electron chi connectivity index (χ0n) is 8.79. The van der Waals surface area contributed by atoms with E-state index < -0.39 is 0 Å². The van der Waals surface area contributed by atoms with E-state index in [4.69, 9.17) is 5.11 Å². The smallest absolute Gasteiger partial charge is 0.0926 e. The largest absolute Gasteiger partial charge is 0.396 e. The maximum absolute atomic E-state index is 8.72. The van der Waals surface area contributed by atoms with Gasteiger partial charge in [-0.05, 0) is 19.8 Å². The number of hydrogen-bond donors (Lipinski definition) is 2. The summed E-state index contributed by atoms with van der Waals surface area (Å²) in [5.74, 6) is 0. The van der Waals surface area contributed by atoms with Crippen molar-refractivity contribution in [3.63, 3.8) is 0 Å². The van der Waals surface area contributed by atoms with Gasteiger partial charge in [-0.2, -0.15) is 0 Å². The summed E-state index contributed by atoms with van der Waals surface area (Å²) in [5, 5.41) is 15.3. The number of nitrogens with zero attached hydrogens (tertiary/aromatic N) is 1. The highest BCUT2D eigenvalue weighted by Crippen LogP contribution is 2.09. The average molecular weight is 214 g/mol. The summed E-state index contributed by atoms with van der Waals surface area (Å²) in [4.78, 5) is 4.45. The lowest BCUT2D eigenvalue weighted by molar-refractivity contribution is 0.268. The summed E-state index contributed by atoms with van der Waals surface area (Å²) in [6.07, 6.45) is 1.81. The highest BCUT2D eigenvalue weighted by atomic mass is 32.1. The van der Waals surface area contributed by atoms with E-state index in [-0.39, 0.29) is 6.61 Å². The molecule has 0 fully saturated rings. The molecule has 80 valence electrons. The lowest BCUT2D eigenvalue weighted by Gasteiger charge is -2.10. The number of aliphatic hydroxyl groups excluding tert-OH is 1. The fourth-order valence-corrected chi connectivity index (χ4v) is 1.91. The van der Waals surface area contributed by atoms with E-state index in [1.165, 1.54) is 5.01 Å². The zero-order chi connectivity index (χ0) is 10.4. The minimum atomic E-state index is 0.242. The Morgan fingerprint density at radius 2 is 2.43 bits per heavy atom. The van der Waals surface area contributed by atoms with Gasteiger partial charge >= 0.3 is 0 Å². The molecule has 1 aromatic rings. The first kappa shape index (κ1) is 11.6. The van der Waals surface area contributed by atoms with Gasteiger partial charge in [0.15, 0.2) is 0 Å². The summed E-state index contributed by atoms with van der Waals surface area (Å²) in [6.45, 7) is 5.23. The molecule has 3 nitrogen and oxygen atoms in total. The van der Waals surface area contributed by atoms with Gasteiger partial charge in [-0.1, -0.05) is 6.92 Å². The molecule has 0 aromatic carbocycles. The number of aliphatic hydroxyl groups is 1. The molecule has 2 N–H and O–H groups in total. The molecule has 4 heteroatoms. The average Bonchev–Trinajstić information content (AvgIpc) is 2.63. The zero-order valence-corrected chi connectivity index (χ0v) is 9.60. The van der Waals surface area contributed by atoms with Crippen molar-refractivity contribution in [2.45, 2.75) is 39.3 Å². The second kappa shape index (κ2) is 6.11. The Hall–Kier alpha value is -0.450. The van der Waals surface area contributed by atoms with Crippen LogP contribution >= 0.6 is 11.3 Å². The second-order valence-electron chi connectivity index (χ2n) is 3.38. The lowest BCUT2D eigenvalue weighted by atomic mass is 10.2. The Bertz CT molecular complexity index is 262. The van der Waals surface area contributed by atoms with Gasteiger partial charge in [0.1, 0.15) is 0 Å². The fourth-order valence-electron chi connectivity index (χ4n) is 1.17. The van der Waals surface area contributed by atoms with Crippen LogP contribution in [0, 0.1) is 0 Å². The molecule has 1 rings (SSSR count). The molecule has 0 saturated heterocycles. The molecule has 0 aliphatic carbocycles. The second-order valence-corrected chi connectivity index (χ2v) is 4.32. The summed E-state index contributed by atoms with van der Waals surface area (Å²) >= 11 is 1.71. The van der Waals surface area contributed by atoms with Gasteiger partial charge < -0.3 is 10.4 Å². The van der Waals surface area contributed by atoms with E-state index in [9.17, 15) is 0 Å². The van der Waals surface area contributed by atoms with Crippen molar-refractivity contribution in [2.75, 3.05) is 6.61 Å². The van der Waals surface area contributed by atoms with Crippen molar-refractivity contribution in [2.24, 2.45) is 0 Å².